The minimum atomic E-state index is -0.500. The van der Waals surface area contributed by atoms with E-state index in [1.807, 2.05) is 0 Å². The van der Waals surface area contributed by atoms with Crippen LogP contribution in [0, 0.1) is 5.82 Å². The molecular weight excluding hydrogens is 391 g/mol. The first-order chi connectivity index (χ1) is 14.5. The van der Waals surface area contributed by atoms with Gasteiger partial charge in [0, 0.05) is 35.1 Å². The second-order valence-electron chi connectivity index (χ2n) is 6.72. The maximum atomic E-state index is 13.8. The number of ether oxygens (including phenoxy) is 2. The van der Waals surface area contributed by atoms with Gasteiger partial charge in [-0.05, 0) is 29.8 Å². The maximum Gasteiger partial charge on any atom is 0.332 e. The first kappa shape index (κ1) is 19.4. The fraction of sp³-hybridized carbons (Fsp3) is 0.190. The molecule has 1 aliphatic rings. The lowest BCUT2D eigenvalue weighted by atomic mass is 10.1. The Morgan fingerprint density at radius 3 is 2.67 bits per heavy atom. The molecule has 8 nitrogen and oxygen atoms in total. The van der Waals surface area contributed by atoms with Gasteiger partial charge in [-0.25, -0.2) is 9.18 Å². The van der Waals surface area contributed by atoms with Gasteiger partial charge in [0.05, 0.1) is 27.0 Å². The van der Waals surface area contributed by atoms with Gasteiger partial charge in [0.2, 0.25) is 0 Å². The Kier molecular flexibility index (Phi) is 5.09. The average Bonchev–Trinajstić information content (AvgIpc) is 3.37. The summed E-state index contributed by atoms with van der Waals surface area (Å²) in [6.45, 7) is -0.161. The van der Waals surface area contributed by atoms with E-state index in [-0.39, 0.29) is 19.0 Å². The second kappa shape index (κ2) is 7.86. The van der Waals surface area contributed by atoms with Crippen LogP contribution >= 0.6 is 0 Å². The topological polar surface area (TPSA) is 87.8 Å². The number of imide groups is 1. The van der Waals surface area contributed by atoms with Crippen LogP contribution in [0.2, 0.25) is 0 Å². The minimum Gasteiger partial charge on any atom is -0.497 e. The third-order valence-electron chi connectivity index (χ3n) is 4.87. The highest BCUT2D eigenvalue weighted by molar-refractivity contribution is 6.12. The molecule has 2 heterocycles. The standard InChI is InChI=1S/C21H19FN4O4/c1-29-17-6-13(5-15(22)7-17)11-26-20(27)12-25(21(26)28)16-3-4-18(19(8-16)30-2)14-9-23-24-10-14/h3-10H,11-12H2,1-2H3,(H,23,24). The molecule has 9 heteroatoms. The molecule has 154 valence electrons. The van der Waals surface area contributed by atoms with E-state index >= 15 is 0 Å². The van der Waals surface area contributed by atoms with Crippen LogP contribution in [0.1, 0.15) is 5.56 Å². The molecule has 0 saturated carbocycles. The summed E-state index contributed by atoms with van der Waals surface area (Å²) >= 11 is 0. The van der Waals surface area contributed by atoms with Crippen LogP contribution in [0.5, 0.6) is 11.5 Å². The molecule has 3 aromatic rings. The SMILES string of the molecule is COc1cc(F)cc(CN2C(=O)CN(c3ccc(-c4cn[nH]c4)c(OC)c3)C2=O)c1. The van der Waals surface area contributed by atoms with Gasteiger partial charge in [0.1, 0.15) is 23.9 Å². The van der Waals surface area contributed by atoms with Crippen molar-refractivity contribution in [3.8, 4) is 22.6 Å². The quantitative estimate of drug-likeness (QED) is 0.631. The molecule has 1 aliphatic heterocycles. The van der Waals surface area contributed by atoms with Crippen LogP contribution in [-0.4, -0.2) is 47.8 Å². The first-order valence-electron chi connectivity index (χ1n) is 9.12. The molecule has 0 aliphatic carbocycles. The predicted molar refractivity (Wildman–Crippen MR) is 107 cm³/mol. The van der Waals surface area contributed by atoms with E-state index in [2.05, 4.69) is 10.2 Å². The van der Waals surface area contributed by atoms with E-state index < -0.39 is 11.8 Å². The maximum absolute atomic E-state index is 13.8. The summed E-state index contributed by atoms with van der Waals surface area (Å²) in [6.07, 6.45) is 3.40. The lowest BCUT2D eigenvalue weighted by Gasteiger charge is -2.19. The van der Waals surface area contributed by atoms with Gasteiger partial charge < -0.3 is 9.47 Å². The number of aromatic amines is 1. The van der Waals surface area contributed by atoms with Crippen LogP contribution in [0.4, 0.5) is 14.9 Å². The molecule has 1 saturated heterocycles. The Balaban J connectivity index is 1.59. The Hall–Kier alpha value is -3.88. The number of hydrogen-bond acceptors (Lipinski definition) is 5. The van der Waals surface area contributed by atoms with Crippen LogP contribution < -0.4 is 14.4 Å². The van der Waals surface area contributed by atoms with Crippen LogP contribution in [0.25, 0.3) is 11.1 Å². The molecule has 1 fully saturated rings. The highest BCUT2D eigenvalue weighted by Gasteiger charge is 2.37. The van der Waals surface area contributed by atoms with Crippen molar-refractivity contribution in [2.24, 2.45) is 0 Å². The summed E-state index contributed by atoms with van der Waals surface area (Å²) in [5, 5.41) is 6.68. The van der Waals surface area contributed by atoms with E-state index in [1.165, 1.54) is 31.3 Å². The van der Waals surface area contributed by atoms with Crippen molar-refractivity contribution in [2.75, 3.05) is 25.7 Å². The van der Waals surface area contributed by atoms with Gasteiger partial charge in [-0.3, -0.25) is 19.7 Å². The zero-order chi connectivity index (χ0) is 21.3. The van der Waals surface area contributed by atoms with Gasteiger partial charge in [-0.2, -0.15) is 5.10 Å². The number of nitrogens with one attached hydrogen (secondary N) is 1. The molecule has 0 atom stereocenters. The molecule has 1 aromatic heterocycles. The Bertz CT molecular complexity index is 1100. The Labute approximate surface area is 171 Å². The van der Waals surface area contributed by atoms with Crippen molar-refractivity contribution in [3.63, 3.8) is 0 Å². The number of nitrogens with zero attached hydrogens (tertiary/aromatic N) is 3. The molecule has 0 spiro atoms. The lowest BCUT2D eigenvalue weighted by molar-refractivity contribution is -0.125. The van der Waals surface area contributed by atoms with Gasteiger partial charge in [0.15, 0.2) is 0 Å². The number of hydrogen-bond donors (Lipinski definition) is 1. The molecule has 3 amide bonds. The number of rotatable bonds is 6. The normalized spacial score (nSPS) is 13.8. The summed E-state index contributed by atoms with van der Waals surface area (Å²) in [4.78, 5) is 27.9. The Morgan fingerprint density at radius 2 is 1.97 bits per heavy atom. The number of anilines is 1. The van der Waals surface area contributed by atoms with Crippen LogP contribution in [-0.2, 0) is 11.3 Å². The monoisotopic (exact) mass is 410 g/mol. The zero-order valence-corrected chi connectivity index (χ0v) is 16.4. The van der Waals surface area contributed by atoms with Crippen molar-refractivity contribution in [1.29, 1.82) is 0 Å². The third kappa shape index (κ3) is 3.57. The summed E-state index contributed by atoms with van der Waals surface area (Å²) in [5.41, 5.74) is 2.63. The second-order valence-corrected chi connectivity index (χ2v) is 6.72. The molecule has 0 bridgehead atoms. The summed E-state index contributed by atoms with van der Waals surface area (Å²) < 4.78 is 24.3. The van der Waals surface area contributed by atoms with E-state index in [0.29, 0.717) is 22.7 Å². The highest BCUT2D eigenvalue weighted by Crippen LogP contribution is 2.34. The number of carbonyl (C=O) groups excluding carboxylic acids is 2. The van der Waals surface area contributed by atoms with Gasteiger partial charge >= 0.3 is 6.03 Å². The van der Waals surface area contributed by atoms with E-state index in [0.717, 1.165) is 16.0 Å². The van der Waals surface area contributed by atoms with Crippen molar-refractivity contribution in [1.82, 2.24) is 15.1 Å². The number of H-pyrrole nitrogens is 1. The van der Waals surface area contributed by atoms with Crippen molar-refractivity contribution >= 4 is 17.6 Å². The summed E-state index contributed by atoms with van der Waals surface area (Å²) in [7, 11) is 2.95. The van der Waals surface area contributed by atoms with Crippen molar-refractivity contribution in [3.05, 3.63) is 60.2 Å². The molecule has 2 aromatic carbocycles. The van der Waals surface area contributed by atoms with E-state index in [1.54, 1.807) is 36.7 Å². The fourth-order valence-corrected chi connectivity index (χ4v) is 3.40. The molecular formula is C21H19FN4O4. The lowest BCUT2D eigenvalue weighted by Crippen LogP contribution is -2.32. The fourth-order valence-electron chi connectivity index (χ4n) is 3.40. The number of urea groups is 1. The first-order valence-corrected chi connectivity index (χ1v) is 9.12. The van der Waals surface area contributed by atoms with Crippen LogP contribution in [0.3, 0.4) is 0 Å². The summed E-state index contributed by atoms with van der Waals surface area (Å²) in [6, 6.07) is 8.85. The number of amides is 3. The number of halogens is 1. The number of benzene rings is 2. The molecule has 30 heavy (non-hydrogen) atoms. The van der Waals surface area contributed by atoms with Crippen molar-refractivity contribution < 1.29 is 23.5 Å². The largest absolute Gasteiger partial charge is 0.497 e. The molecule has 1 N–H and O–H groups in total. The summed E-state index contributed by atoms with van der Waals surface area (Å²) in [5.74, 6) is -0.0102. The van der Waals surface area contributed by atoms with Gasteiger partial charge in [0.25, 0.3) is 5.91 Å². The van der Waals surface area contributed by atoms with Crippen LogP contribution in [0.15, 0.2) is 48.8 Å². The van der Waals surface area contributed by atoms with Gasteiger partial charge in [-0.1, -0.05) is 0 Å². The zero-order valence-electron chi connectivity index (χ0n) is 16.4. The predicted octanol–water partition coefficient (Wildman–Crippen LogP) is 3.20. The number of methoxy groups -OCH3 is 2. The van der Waals surface area contributed by atoms with E-state index in [4.69, 9.17) is 9.47 Å². The highest BCUT2D eigenvalue weighted by atomic mass is 19.1. The van der Waals surface area contributed by atoms with Gasteiger partial charge in [-0.15, -0.1) is 0 Å². The Morgan fingerprint density at radius 1 is 1.13 bits per heavy atom. The number of aromatic nitrogens is 2. The third-order valence-corrected chi connectivity index (χ3v) is 4.87. The molecule has 0 unspecified atom stereocenters. The minimum absolute atomic E-state index is 0.0491. The van der Waals surface area contributed by atoms with Crippen molar-refractivity contribution in [2.45, 2.75) is 6.54 Å². The smallest absolute Gasteiger partial charge is 0.332 e. The average molecular weight is 410 g/mol. The number of carbonyl (C=O) groups is 2. The molecule has 0 radical (unpaired) electrons. The molecule has 4 rings (SSSR count). The van der Waals surface area contributed by atoms with E-state index in [9.17, 15) is 14.0 Å².